The summed E-state index contributed by atoms with van der Waals surface area (Å²) in [6.45, 7) is -0.394. The number of carbonyl (C=O) groups is 2. The van der Waals surface area contributed by atoms with Gasteiger partial charge in [-0.1, -0.05) is 35.3 Å². The summed E-state index contributed by atoms with van der Waals surface area (Å²) in [5, 5.41) is 4.46. The molecule has 9 nitrogen and oxygen atoms in total. The molecule has 40 heavy (non-hydrogen) atoms. The number of aryl methyl sites for hydroxylation is 1. The second-order valence-electron chi connectivity index (χ2n) is 9.23. The molecule has 0 radical (unpaired) electrons. The van der Waals surface area contributed by atoms with E-state index < -0.39 is 39.6 Å². The summed E-state index contributed by atoms with van der Waals surface area (Å²) in [6.07, 6.45) is 5.06. The molecule has 0 saturated carbocycles. The molecule has 0 aliphatic carbocycles. The molecule has 4 aromatic rings. The molecular formula is C27H21Cl2FN4O5S. The second-order valence-corrected chi connectivity index (χ2v) is 12.1. The van der Waals surface area contributed by atoms with Gasteiger partial charge in [0, 0.05) is 49.0 Å². The molecule has 1 atom stereocenters. The van der Waals surface area contributed by atoms with Gasteiger partial charge in [0.25, 0.3) is 5.91 Å². The van der Waals surface area contributed by atoms with Gasteiger partial charge in [0.2, 0.25) is 0 Å². The van der Waals surface area contributed by atoms with Crippen molar-refractivity contribution in [2.45, 2.75) is 17.2 Å². The topological polar surface area (TPSA) is 111 Å². The van der Waals surface area contributed by atoms with Crippen LogP contribution >= 0.6 is 23.2 Å². The maximum atomic E-state index is 16.1. The number of pyridine rings is 1. The molecule has 0 bridgehead atoms. The minimum absolute atomic E-state index is 0.00415. The van der Waals surface area contributed by atoms with Gasteiger partial charge in [0.05, 0.1) is 45.0 Å². The van der Waals surface area contributed by atoms with Crippen molar-refractivity contribution >= 4 is 44.7 Å². The predicted molar refractivity (Wildman–Crippen MR) is 145 cm³/mol. The zero-order valence-electron chi connectivity index (χ0n) is 21.4. The van der Waals surface area contributed by atoms with Crippen LogP contribution in [-0.2, 0) is 33.9 Å². The molecule has 2 aromatic heterocycles. The van der Waals surface area contributed by atoms with Crippen LogP contribution in [-0.4, -0.2) is 53.1 Å². The van der Waals surface area contributed by atoms with Crippen LogP contribution in [0.3, 0.4) is 0 Å². The standard InChI is InChI=1S/C27H21Cl2FN4O5S/c1-33-13-16(11-32-33)25(35)15-8-20-24(21(30)9-15)27(39-2,17-4-6-18(28)7-5-17)34(26(20)36)14-22-23(40(3,37)38)10-19(29)12-31-22/h4-13H,14H2,1-3H3. The summed E-state index contributed by atoms with van der Waals surface area (Å²) in [6, 6.07) is 9.82. The zero-order valence-corrected chi connectivity index (χ0v) is 23.7. The second kappa shape index (κ2) is 10.1. The van der Waals surface area contributed by atoms with Gasteiger partial charge in [-0.25, -0.2) is 12.8 Å². The largest absolute Gasteiger partial charge is 0.350 e. The van der Waals surface area contributed by atoms with Gasteiger partial charge in [-0.05, 0) is 30.3 Å². The van der Waals surface area contributed by atoms with Crippen LogP contribution in [0, 0.1) is 5.82 Å². The summed E-state index contributed by atoms with van der Waals surface area (Å²) < 4.78 is 48.6. The Morgan fingerprint density at radius 2 is 1.77 bits per heavy atom. The number of nitrogens with zero attached hydrogens (tertiary/aromatic N) is 4. The van der Waals surface area contributed by atoms with Gasteiger partial charge in [-0.15, -0.1) is 0 Å². The van der Waals surface area contributed by atoms with E-state index in [-0.39, 0.29) is 37.9 Å². The van der Waals surface area contributed by atoms with Crippen molar-refractivity contribution in [1.29, 1.82) is 0 Å². The van der Waals surface area contributed by atoms with Crippen LogP contribution < -0.4 is 0 Å². The van der Waals surface area contributed by atoms with Crippen LogP contribution in [0.15, 0.2) is 66.0 Å². The SMILES string of the molecule is COC1(c2ccc(Cl)cc2)c2c(F)cc(C(=O)c3cnn(C)c3)cc2C(=O)N1Cc1ncc(Cl)cc1S(C)(=O)=O. The van der Waals surface area contributed by atoms with E-state index in [4.69, 9.17) is 27.9 Å². The van der Waals surface area contributed by atoms with E-state index in [2.05, 4.69) is 10.1 Å². The van der Waals surface area contributed by atoms with Crippen molar-refractivity contribution in [2.24, 2.45) is 7.05 Å². The van der Waals surface area contributed by atoms with Gasteiger partial charge >= 0.3 is 0 Å². The average molecular weight is 603 g/mol. The van der Waals surface area contributed by atoms with Crippen molar-refractivity contribution < 1.29 is 27.1 Å². The Balaban J connectivity index is 1.73. The Morgan fingerprint density at radius 1 is 1.07 bits per heavy atom. The molecule has 13 heteroatoms. The summed E-state index contributed by atoms with van der Waals surface area (Å²) in [5.41, 5.74) is -1.64. The molecule has 0 saturated heterocycles. The highest BCUT2D eigenvalue weighted by molar-refractivity contribution is 7.90. The fourth-order valence-corrected chi connectivity index (χ4v) is 6.14. The van der Waals surface area contributed by atoms with Crippen LogP contribution in [0.4, 0.5) is 4.39 Å². The molecule has 0 N–H and O–H groups in total. The zero-order chi connectivity index (χ0) is 29.0. The third kappa shape index (κ3) is 4.58. The number of methoxy groups -OCH3 is 1. The lowest BCUT2D eigenvalue weighted by molar-refractivity contribution is -0.0888. The minimum atomic E-state index is -3.82. The van der Waals surface area contributed by atoms with Crippen LogP contribution in [0.2, 0.25) is 10.0 Å². The highest BCUT2D eigenvalue weighted by Crippen LogP contribution is 2.47. The number of ketones is 1. The number of fused-ring (bicyclic) bond motifs is 1. The van der Waals surface area contributed by atoms with E-state index in [9.17, 15) is 18.0 Å². The Kier molecular flexibility index (Phi) is 7.03. The van der Waals surface area contributed by atoms with E-state index in [0.717, 1.165) is 12.3 Å². The van der Waals surface area contributed by atoms with Crippen molar-refractivity contribution in [2.75, 3.05) is 13.4 Å². The van der Waals surface area contributed by atoms with E-state index in [1.165, 1.54) is 47.4 Å². The summed E-state index contributed by atoms with van der Waals surface area (Å²) in [7, 11) is -0.890. The maximum absolute atomic E-state index is 16.1. The number of hydrogen-bond donors (Lipinski definition) is 0. The van der Waals surface area contributed by atoms with Crippen molar-refractivity contribution in [1.82, 2.24) is 19.7 Å². The first-order chi connectivity index (χ1) is 18.9. The van der Waals surface area contributed by atoms with E-state index in [1.54, 1.807) is 31.3 Å². The highest BCUT2D eigenvalue weighted by Gasteiger charge is 2.54. The van der Waals surface area contributed by atoms with E-state index in [1.807, 2.05) is 0 Å². The van der Waals surface area contributed by atoms with E-state index >= 15 is 4.39 Å². The van der Waals surface area contributed by atoms with Crippen LogP contribution in [0.1, 0.15) is 43.1 Å². The first-order valence-electron chi connectivity index (χ1n) is 11.7. The molecule has 2 aromatic carbocycles. The van der Waals surface area contributed by atoms with Crippen molar-refractivity contribution in [3.63, 3.8) is 0 Å². The summed E-state index contributed by atoms with van der Waals surface area (Å²) in [5.74, 6) is -2.11. The van der Waals surface area contributed by atoms with Gasteiger partial charge in [0.15, 0.2) is 21.3 Å². The van der Waals surface area contributed by atoms with Crippen LogP contribution in [0.25, 0.3) is 0 Å². The molecular weight excluding hydrogens is 582 g/mol. The number of halogens is 3. The molecule has 1 amide bonds. The Bertz CT molecular complexity index is 1790. The molecule has 5 rings (SSSR count). The lowest BCUT2D eigenvalue weighted by atomic mass is 9.90. The first kappa shape index (κ1) is 27.9. The number of hydrogen-bond acceptors (Lipinski definition) is 7. The lowest BCUT2D eigenvalue weighted by Crippen LogP contribution is -2.46. The normalized spacial score (nSPS) is 16.9. The Hall–Kier alpha value is -3.64. The van der Waals surface area contributed by atoms with Gasteiger partial charge < -0.3 is 4.74 Å². The third-order valence-corrected chi connectivity index (χ3v) is 8.26. The van der Waals surface area contributed by atoms with E-state index in [0.29, 0.717) is 10.6 Å². The Labute approximate surface area is 239 Å². The highest BCUT2D eigenvalue weighted by atomic mass is 35.5. The van der Waals surface area contributed by atoms with Gasteiger partial charge in [-0.3, -0.25) is 24.2 Å². The van der Waals surface area contributed by atoms with Gasteiger partial charge in [-0.2, -0.15) is 5.10 Å². The summed E-state index contributed by atoms with van der Waals surface area (Å²) >= 11 is 12.1. The van der Waals surface area contributed by atoms with Crippen molar-refractivity contribution in [3.8, 4) is 0 Å². The molecule has 1 unspecified atom stereocenters. The fourth-order valence-electron chi connectivity index (χ4n) is 4.91. The van der Waals surface area contributed by atoms with Crippen molar-refractivity contribution in [3.05, 3.63) is 110 Å². The Morgan fingerprint density at radius 3 is 2.38 bits per heavy atom. The molecule has 0 fully saturated rings. The number of benzene rings is 2. The molecule has 0 spiro atoms. The predicted octanol–water partition coefficient (Wildman–Crippen LogP) is 4.40. The number of amides is 1. The quantitative estimate of drug-likeness (QED) is 0.288. The number of aromatic nitrogens is 3. The number of sulfone groups is 1. The number of rotatable bonds is 7. The molecule has 1 aliphatic rings. The monoisotopic (exact) mass is 602 g/mol. The third-order valence-electron chi connectivity index (χ3n) is 6.65. The lowest BCUT2D eigenvalue weighted by Gasteiger charge is -2.38. The molecule has 206 valence electrons. The maximum Gasteiger partial charge on any atom is 0.257 e. The average Bonchev–Trinajstić information content (AvgIpc) is 3.44. The number of ether oxygens (including phenoxy) is 1. The smallest absolute Gasteiger partial charge is 0.257 e. The van der Waals surface area contributed by atoms with Crippen LogP contribution in [0.5, 0.6) is 0 Å². The molecule has 3 heterocycles. The van der Waals surface area contributed by atoms with Gasteiger partial charge in [0.1, 0.15) is 5.82 Å². The fraction of sp³-hybridized carbons (Fsp3) is 0.185. The summed E-state index contributed by atoms with van der Waals surface area (Å²) in [4.78, 5) is 32.3. The first-order valence-corrected chi connectivity index (χ1v) is 14.4. The minimum Gasteiger partial charge on any atom is -0.350 e. The molecule has 1 aliphatic heterocycles. The number of carbonyl (C=O) groups excluding carboxylic acids is 2.